The molecule has 2 aromatic carbocycles. The van der Waals surface area contributed by atoms with Crippen molar-refractivity contribution in [3.63, 3.8) is 0 Å². The van der Waals surface area contributed by atoms with E-state index in [-0.39, 0.29) is 75.7 Å². The molecule has 0 radical (unpaired) electrons. The number of benzene rings is 2. The number of carbonyl (C=O) groups is 3. The van der Waals surface area contributed by atoms with Crippen molar-refractivity contribution in [2.24, 2.45) is 17.8 Å². The summed E-state index contributed by atoms with van der Waals surface area (Å²) in [6.07, 6.45) is -0.124. The molecule has 5 unspecified atom stereocenters. The Bertz CT molecular complexity index is 1330. The number of aliphatic hydroxyl groups excluding tert-OH is 3. The summed E-state index contributed by atoms with van der Waals surface area (Å²) in [5.74, 6) is -2.02. The van der Waals surface area contributed by atoms with E-state index in [1.54, 1.807) is 19.1 Å². The molecule has 0 bridgehead atoms. The number of hydrogen-bond acceptors (Lipinski definition) is 10. The summed E-state index contributed by atoms with van der Waals surface area (Å²) >= 11 is 0. The van der Waals surface area contributed by atoms with Gasteiger partial charge in [0, 0.05) is 29.0 Å². The summed E-state index contributed by atoms with van der Waals surface area (Å²) < 4.78 is 10.3. The maximum Gasteiger partial charge on any atom is 0.202 e. The number of ether oxygens (including phenoxy) is 2. The Hall–Kier alpha value is -3.31. The van der Waals surface area contributed by atoms with Crippen LogP contribution in [0.4, 0.5) is 0 Å². The lowest BCUT2D eigenvalue weighted by Gasteiger charge is -2.37. The minimum atomic E-state index is -0.698. The van der Waals surface area contributed by atoms with Gasteiger partial charge in [-0.25, -0.2) is 0 Å². The number of fused-ring (bicyclic) bond motifs is 3. The highest BCUT2D eigenvalue weighted by atomic mass is 16.6. The van der Waals surface area contributed by atoms with Crippen molar-refractivity contribution in [1.29, 1.82) is 0 Å². The molecule has 0 aromatic heterocycles. The van der Waals surface area contributed by atoms with Crippen LogP contribution in [0, 0.1) is 17.8 Å². The van der Waals surface area contributed by atoms with Crippen molar-refractivity contribution in [1.82, 2.24) is 0 Å². The molecule has 40 heavy (non-hydrogen) atoms. The zero-order chi connectivity index (χ0) is 29.5. The molecule has 5 atom stereocenters. The third kappa shape index (κ3) is 5.12. The number of ketones is 3. The summed E-state index contributed by atoms with van der Waals surface area (Å²) in [5, 5.41) is 49.7. The second-order valence-corrected chi connectivity index (χ2v) is 10.9. The van der Waals surface area contributed by atoms with E-state index in [0.717, 1.165) is 0 Å². The SMILES string of the molecule is CC(C)C1CC(O)OC(C)C1O.COc1cccc2c1C(=O)c1c(O)c3c(c(O)c1C2=O)CC(C(=O)CO)CC3. The minimum Gasteiger partial charge on any atom is -0.507 e. The van der Waals surface area contributed by atoms with Crippen LogP contribution in [0.25, 0.3) is 0 Å². The first kappa shape index (κ1) is 29.7. The van der Waals surface area contributed by atoms with Crippen LogP contribution >= 0.6 is 0 Å². The number of phenols is 2. The standard InChI is InChI=1S/C21H18O7.C9H18O3/c1-28-14-4-2-3-11-15(14)21(27)17-16(19(11)25)20(26)12-7-9(13(23)8-22)5-6-10(12)18(17)24;1-5(2)7-4-8(10)12-6(3)9(7)11/h2-4,9,22,24,26H,5-8H2,1H3;5-11H,4H2,1-3H3. The third-order valence-corrected chi connectivity index (χ3v) is 8.26. The molecule has 5 N–H and O–H groups in total. The Morgan fingerprint density at radius 3 is 2.33 bits per heavy atom. The van der Waals surface area contributed by atoms with Gasteiger partial charge in [-0.05, 0) is 44.1 Å². The summed E-state index contributed by atoms with van der Waals surface area (Å²) in [5.41, 5.74) is 0.301. The number of hydrogen-bond donors (Lipinski definition) is 5. The zero-order valence-electron chi connectivity index (χ0n) is 23.0. The van der Waals surface area contributed by atoms with Gasteiger partial charge in [-0.1, -0.05) is 26.0 Å². The molecule has 0 amide bonds. The number of phenolic OH excluding ortho intramolecular Hbond substituents is 2. The predicted molar refractivity (Wildman–Crippen MR) is 143 cm³/mol. The Labute approximate surface area is 232 Å². The normalized spacial score (nSPS) is 25.4. The lowest BCUT2D eigenvalue weighted by atomic mass is 9.75. The predicted octanol–water partition coefficient (Wildman–Crippen LogP) is 2.29. The van der Waals surface area contributed by atoms with Gasteiger partial charge >= 0.3 is 0 Å². The number of Topliss-reactive ketones (excluding diaryl/α,β-unsaturated/α-hetero) is 1. The minimum absolute atomic E-state index is 0.0568. The van der Waals surface area contributed by atoms with Crippen LogP contribution in [-0.4, -0.2) is 75.1 Å². The number of rotatable bonds is 4. The van der Waals surface area contributed by atoms with Crippen molar-refractivity contribution in [2.45, 2.75) is 65.0 Å². The second kappa shape index (κ2) is 11.7. The summed E-state index contributed by atoms with van der Waals surface area (Å²) in [4.78, 5) is 38.1. The molecule has 3 aliphatic rings. The van der Waals surface area contributed by atoms with Gasteiger partial charge in [0.2, 0.25) is 5.78 Å². The molecule has 216 valence electrons. The van der Waals surface area contributed by atoms with Crippen LogP contribution in [0.1, 0.15) is 76.6 Å². The van der Waals surface area contributed by atoms with Crippen LogP contribution in [0.2, 0.25) is 0 Å². The van der Waals surface area contributed by atoms with E-state index in [1.807, 2.05) is 0 Å². The molecule has 0 saturated carbocycles. The fraction of sp³-hybridized carbons (Fsp3) is 0.500. The van der Waals surface area contributed by atoms with E-state index < -0.39 is 36.5 Å². The lowest BCUT2D eigenvalue weighted by Crippen LogP contribution is -2.45. The molecule has 1 heterocycles. The van der Waals surface area contributed by atoms with Gasteiger partial charge in [0.25, 0.3) is 0 Å². The van der Waals surface area contributed by atoms with Crippen LogP contribution in [0.5, 0.6) is 17.2 Å². The van der Waals surface area contributed by atoms with Crippen LogP contribution in [0.3, 0.4) is 0 Å². The van der Waals surface area contributed by atoms with Crippen LogP contribution in [0.15, 0.2) is 18.2 Å². The van der Waals surface area contributed by atoms with Crippen molar-refractivity contribution in [3.8, 4) is 17.2 Å². The van der Waals surface area contributed by atoms with Crippen molar-refractivity contribution < 1.29 is 49.4 Å². The average molecular weight is 557 g/mol. The number of carbonyl (C=O) groups excluding carboxylic acids is 3. The van der Waals surface area contributed by atoms with E-state index in [4.69, 9.17) is 14.6 Å². The lowest BCUT2D eigenvalue weighted by molar-refractivity contribution is -0.218. The van der Waals surface area contributed by atoms with E-state index >= 15 is 0 Å². The van der Waals surface area contributed by atoms with Gasteiger partial charge in [-0.2, -0.15) is 0 Å². The van der Waals surface area contributed by atoms with Crippen LogP contribution < -0.4 is 4.74 Å². The van der Waals surface area contributed by atoms with Gasteiger partial charge < -0.3 is 35.0 Å². The van der Waals surface area contributed by atoms with E-state index in [0.29, 0.717) is 24.3 Å². The Morgan fingerprint density at radius 1 is 1.05 bits per heavy atom. The summed E-state index contributed by atoms with van der Waals surface area (Å²) in [6.45, 7) is 5.29. The van der Waals surface area contributed by atoms with Crippen molar-refractivity contribution in [2.75, 3.05) is 13.7 Å². The van der Waals surface area contributed by atoms with Crippen molar-refractivity contribution >= 4 is 17.3 Å². The average Bonchev–Trinajstić information content (AvgIpc) is 2.94. The molecule has 1 saturated heterocycles. The molecule has 0 spiro atoms. The number of aromatic hydroxyl groups is 2. The highest BCUT2D eigenvalue weighted by Gasteiger charge is 2.41. The first-order valence-electron chi connectivity index (χ1n) is 13.4. The molecule has 10 nitrogen and oxygen atoms in total. The summed E-state index contributed by atoms with van der Waals surface area (Å²) in [6, 6.07) is 4.59. The molecule has 10 heteroatoms. The van der Waals surface area contributed by atoms with Gasteiger partial charge in [-0.15, -0.1) is 0 Å². The molecule has 1 aliphatic heterocycles. The van der Waals surface area contributed by atoms with Gasteiger partial charge in [0.15, 0.2) is 17.9 Å². The highest BCUT2D eigenvalue weighted by molar-refractivity contribution is 6.31. The highest BCUT2D eigenvalue weighted by Crippen LogP contribution is 2.47. The fourth-order valence-electron chi connectivity index (χ4n) is 5.98. The third-order valence-electron chi connectivity index (χ3n) is 8.26. The Balaban J connectivity index is 0.000000259. The summed E-state index contributed by atoms with van der Waals surface area (Å²) in [7, 11) is 1.38. The monoisotopic (exact) mass is 556 g/mol. The molecule has 1 fully saturated rings. The molecular formula is C30H36O10. The van der Waals surface area contributed by atoms with Crippen LogP contribution in [-0.2, 0) is 22.4 Å². The van der Waals surface area contributed by atoms with E-state index in [1.165, 1.54) is 13.2 Å². The molecule has 2 aromatic rings. The maximum atomic E-state index is 13.1. The zero-order valence-corrected chi connectivity index (χ0v) is 23.0. The first-order chi connectivity index (χ1) is 18.9. The van der Waals surface area contributed by atoms with E-state index in [2.05, 4.69) is 13.8 Å². The van der Waals surface area contributed by atoms with Gasteiger partial charge in [-0.3, -0.25) is 14.4 Å². The smallest absolute Gasteiger partial charge is 0.202 e. The number of methoxy groups -OCH3 is 1. The molecule has 2 aliphatic carbocycles. The quantitative estimate of drug-likeness (QED) is 0.300. The Kier molecular flexibility index (Phi) is 8.65. The maximum absolute atomic E-state index is 13.1. The van der Waals surface area contributed by atoms with E-state index in [9.17, 15) is 34.8 Å². The van der Waals surface area contributed by atoms with Gasteiger partial charge in [0.05, 0.1) is 36.0 Å². The van der Waals surface area contributed by atoms with Crippen molar-refractivity contribution in [3.05, 3.63) is 51.6 Å². The fourth-order valence-corrected chi connectivity index (χ4v) is 5.98. The number of aliphatic hydroxyl groups is 3. The topological polar surface area (TPSA) is 171 Å². The van der Waals surface area contributed by atoms with Gasteiger partial charge in [0.1, 0.15) is 23.9 Å². The second-order valence-electron chi connectivity index (χ2n) is 10.9. The molecular weight excluding hydrogens is 520 g/mol. The molecule has 5 rings (SSSR count). The largest absolute Gasteiger partial charge is 0.507 e. The Morgan fingerprint density at radius 2 is 1.70 bits per heavy atom. The first-order valence-corrected chi connectivity index (χ1v) is 13.4.